The number of thiophene rings is 1. The Kier molecular flexibility index (Phi) is 4.31. The molecule has 2 aromatic heterocycles. The van der Waals surface area contributed by atoms with E-state index in [4.69, 9.17) is 9.63 Å². The maximum Gasteiger partial charge on any atom is 0.317 e. The lowest BCUT2D eigenvalue weighted by atomic mass is 10.2. The van der Waals surface area contributed by atoms with E-state index >= 15 is 0 Å². The van der Waals surface area contributed by atoms with Crippen molar-refractivity contribution in [3.05, 3.63) is 23.3 Å². The van der Waals surface area contributed by atoms with Gasteiger partial charge in [0.2, 0.25) is 0 Å². The summed E-state index contributed by atoms with van der Waals surface area (Å²) in [6.07, 6.45) is 4.41. The fourth-order valence-electron chi connectivity index (χ4n) is 2.76. The van der Waals surface area contributed by atoms with Crippen molar-refractivity contribution in [2.75, 3.05) is 6.54 Å². The highest BCUT2D eigenvalue weighted by molar-refractivity contribution is 7.13. The van der Waals surface area contributed by atoms with Gasteiger partial charge in [0.05, 0.1) is 18.0 Å². The van der Waals surface area contributed by atoms with Crippen LogP contribution in [0.25, 0.3) is 10.8 Å². The van der Waals surface area contributed by atoms with Crippen LogP contribution < -0.4 is 0 Å². The highest BCUT2D eigenvalue weighted by Gasteiger charge is 2.26. The van der Waals surface area contributed by atoms with Gasteiger partial charge in [0, 0.05) is 6.04 Å². The van der Waals surface area contributed by atoms with Crippen LogP contribution in [0.4, 0.5) is 0 Å². The molecule has 0 spiro atoms. The maximum absolute atomic E-state index is 11.0. The molecule has 0 amide bonds. The van der Waals surface area contributed by atoms with Crippen LogP contribution in [0.1, 0.15) is 31.5 Å². The highest BCUT2D eigenvalue weighted by atomic mass is 32.1. The first-order chi connectivity index (χ1) is 10.2. The number of hydrogen-bond donors (Lipinski definition) is 1. The summed E-state index contributed by atoms with van der Waals surface area (Å²) in [4.78, 5) is 18.3. The predicted octanol–water partition coefficient (Wildman–Crippen LogP) is 2.63. The third kappa shape index (κ3) is 3.48. The Labute approximate surface area is 126 Å². The molecule has 1 aliphatic carbocycles. The fraction of sp³-hybridized carbons (Fsp3) is 0.500. The molecule has 3 rings (SSSR count). The first kappa shape index (κ1) is 14.2. The van der Waals surface area contributed by atoms with Gasteiger partial charge < -0.3 is 9.63 Å². The molecular weight excluding hydrogens is 290 g/mol. The zero-order chi connectivity index (χ0) is 14.7. The van der Waals surface area contributed by atoms with Crippen molar-refractivity contribution in [1.29, 1.82) is 0 Å². The van der Waals surface area contributed by atoms with Crippen LogP contribution in [-0.4, -0.2) is 38.7 Å². The van der Waals surface area contributed by atoms with Gasteiger partial charge in [-0.15, -0.1) is 11.3 Å². The van der Waals surface area contributed by atoms with Crippen molar-refractivity contribution < 1.29 is 14.4 Å². The molecule has 2 heterocycles. The molecule has 6 nitrogen and oxygen atoms in total. The lowest BCUT2D eigenvalue weighted by molar-refractivity contribution is -0.139. The molecule has 1 N–H and O–H groups in total. The van der Waals surface area contributed by atoms with Gasteiger partial charge in [0.25, 0.3) is 5.89 Å². The largest absolute Gasteiger partial charge is 0.480 e. The Morgan fingerprint density at radius 1 is 1.48 bits per heavy atom. The number of hydrogen-bond acceptors (Lipinski definition) is 6. The lowest BCUT2D eigenvalue weighted by Crippen LogP contribution is -2.37. The van der Waals surface area contributed by atoms with E-state index in [1.165, 1.54) is 0 Å². The van der Waals surface area contributed by atoms with Crippen LogP contribution in [0, 0.1) is 0 Å². The third-order valence-corrected chi connectivity index (χ3v) is 4.58. The topological polar surface area (TPSA) is 79.5 Å². The van der Waals surface area contributed by atoms with E-state index < -0.39 is 5.97 Å². The van der Waals surface area contributed by atoms with Gasteiger partial charge in [-0.25, -0.2) is 0 Å². The van der Waals surface area contributed by atoms with Crippen molar-refractivity contribution in [3.63, 3.8) is 0 Å². The molecule has 112 valence electrons. The van der Waals surface area contributed by atoms with Gasteiger partial charge in [-0.1, -0.05) is 24.1 Å². The van der Waals surface area contributed by atoms with E-state index in [0.29, 0.717) is 24.3 Å². The zero-order valence-corrected chi connectivity index (χ0v) is 12.4. The average Bonchev–Trinajstić information content (AvgIpc) is 3.20. The smallest absolute Gasteiger partial charge is 0.317 e. The summed E-state index contributed by atoms with van der Waals surface area (Å²) in [7, 11) is 0. The van der Waals surface area contributed by atoms with Crippen LogP contribution >= 0.6 is 11.3 Å². The van der Waals surface area contributed by atoms with Gasteiger partial charge in [0.1, 0.15) is 0 Å². The van der Waals surface area contributed by atoms with Crippen LogP contribution in [0.3, 0.4) is 0 Å². The fourth-order valence-corrected chi connectivity index (χ4v) is 3.40. The Morgan fingerprint density at radius 3 is 2.95 bits per heavy atom. The first-order valence-electron chi connectivity index (χ1n) is 7.04. The van der Waals surface area contributed by atoms with Crippen molar-refractivity contribution in [3.8, 4) is 10.8 Å². The van der Waals surface area contributed by atoms with Gasteiger partial charge in [-0.05, 0) is 24.3 Å². The molecule has 7 heteroatoms. The summed E-state index contributed by atoms with van der Waals surface area (Å²) in [5, 5.41) is 15.0. The molecule has 1 fully saturated rings. The van der Waals surface area contributed by atoms with Gasteiger partial charge >= 0.3 is 5.97 Å². The van der Waals surface area contributed by atoms with Crippen LogP contribution in [0.5, 0.6) is 0 Å². The molecule has 0 radical (unpaired) electrons. The molecule has 0 saturated heterocycles. The van der Waals surface area contributed by atoms with Crippen LogP contribution in [-0.2, 0) is 11.3 Å². The molecule has 1 aliphatic rings. The monoisotopic (exact) mass is 307 g/mol. The van der Waals surface area contributed by atoms with E-state index in [1.54, 1.807) is 11.3 Å². The standard InChI is InChI=1S/C14H17N3O3S/c18-13(19)9-17(10-4-1-2-5-10)8-12-15-14(20-16-12)11-6-3-7-21-11/h3,6-7,10H,1-2,4-5,8-9H2,(H,18,19). The minimum absolute atomic E-state index is 0.0214. The summed E-state index contributed by atoms with van der Waals surface area (Å²) in [6, 6.07) is 4.16. The number of carbonyl (C=O) groups is 1. The molecule has 1 saturated carbocycles. The quantitative estimate of drug-likeness (QED) is 0.883. The van der Waals surface area contributed by atoms with E-state index in [2.05, 4.69) is 10.1 Å². The van der Waals surface area contributed by atoms with Crippen LogP contribution in [0.2, 0.25) is 0 Å². The molecular formula is C14H17N3O3S. The maximum atomic E-state index is 11.0. The summed E-state index contributed by atoms with van der Waals surface area (Å²) in [5.41, 5.74) is 0. The summed E-state index contributed by atoms with van der Waals surface area (Å²) >= 11 is 1.54. The van der Waals surface area contributed by atoms with E-state index in [0.717, 1.165) is 30.6 Å². The minimum Gasteiger partial charge on any atom is -0.480 e. The molecule has 0 bridgehead atoms. The summed E-state index contributed by atoms with van der Waals surface area (Å²) in [6.45, 7) is 0.444. The molecule has 2 aromatic rings. The van der Waals surface area contributed by atoms with Gasteiger partial charge in [-0.3, -0.25) is 9.69 Å². The number of nitrogens with zero attached hydrogens (tertiary/aromatic N) is 3. The molecule has 0 aliphatic heterocycles. The van der Waals surface area contributed by atoms with Crippen molar-refractivity contribution in [2.24, 2.45) is 0 Å². The normalized spacial score (nSPS) is 15.9. The van der Waals surface area contributed by atoms with E-state index in [9.17, 15) is 4.79 Å². The second-order valence-electron chi connectivity index (χ2n) is 5.23. The van der Waals surface area contributed by atoms with Gasteiger partial charge in [0.15, 0.2) is 5.82 Å². The Hall–Kier alpha value is -1.73. The number of aliphatic carboxylic acids is 1. The second-order valence-corrected chi connectivity index (χ2v) is 6.18. The number of carboxylic acids is 1. The van der Waals surface area contributed by atoms with E-state index in [-0.39, 0.29) is 6.54 Å². The average molecular weight is 307 g/mol. The molecule has 0 unspecified atom stereocenters. The lowest BCUT2D eigenvalue weighted by Gasteiger charge is -2.25. The SMILES string of the molecule is O=C(O)CN(Cc1noc(-c2cccs2)n1)C1CCCC1. The third-order valence-electron chi connectivity index (χ3n) is 3.72. The Morgan fingerprint density at radius 2 is 2.29 bits per heavy atom. The molecule has 0 atom stereocenters. The number of carboxylic acid groups (broad SMARTS) is 1. The van der Waals surface area contributed by atoms with Crippen LogP contribution in [0.15, 0.2) is 22.0 Å². The second kappa shape index (κ2) is 6.36. The van der Waals surface area contributed by atoms with Crippen molar-refractivity contribution in [2.45, 2.75) is 38.3 Å². The Bertz CT molecular complexity index is 590. The Balaban J connectivity index is 1.71. The van der Waals surface area contributed by atoms with Crippen molar-refractivity contribution in [1.82, 2.24) is 15.0 Å². The molecule has 21 heavy (non-hydrogen) atoms. The first-order valence-corrected chi connectivity index (χ1v) is 7.92. The highest BCUT2D eigenvalue weighted by Crippen LogP contribution is 2.26. The zero-order valence-electron chi connectivity index (χ0n) is 11.6. The summed E-state index contributed by atoms with van der Waals surface area (Å²) < 4.78 is 5.25. The van der Waals surface area contributed by atoms with Crippen molar-refractivity contribution >= 4 is 17.3 Å². The predicted molar refractivity (Wildman–Crippen MR) is 77.9 cm³/mol. The number of rotatable bonds is 6. The minimum atomic E-state index is -0.816. The number of aromatic nitrogens is 2. The van der Waals surface area contributed by atoms with Gasteiger partial charge in [-0.2, -0.15) is 4.98 Å². The molecule has 0 aromatic carbocycles. The van der Waals surface area contributed by atoms with E-state index in [1.807, 2.05) is 22.4 Å². The summed E-state index contributed by atoms with van der Waals surface area (Å²) in [5.74, 6) is 0.233.